The van der Waals surface area contributed by atoms with Gasteiger partial charge in [0.2, 0.25) is 5.91 Å². The predicted octanol–water partition coefficient (Wildman–Crippen LogP) is 3.67. The van der Waals surface area contributed by atoms with Crippen molar-refractivity contribution < 1.29 is 14.4 Å². The maximum absolute atomic E-state index is 12.5. The number of benzene rings is 1. The van der Waals surface area contributed by atoms with Crippen molar-refractivity contribution in [2.24, 2.45) is 23.7 Å². The van der Waals surface area contributed by atoms with E-state index in [0.717, 1.165) is 37.0 Å². The molecule has 0 aromatic heterocycles. The molecule has 0 spiro atoms. The van der Waals surface area contributed by atoms with E-state index in [2.05, 4.69) is 21.3 Å². The molecule has 7 nitrogen and oxygen atoms in total. The van der Waals surface area contributed by atoms with Crippen molar-refractivity contribution in [3.05, 3.63) is 29.8 Å². The van der Waals surface area contributed by atoms with Gasteiger partial charge in [0.25, 0.3) is 5.91 Å². The van der Waals surface area contributed by atoms with Gasteiger partial charge in [-0.3, -0.25) is 9.59 Å². The molecule has 174 valence electrons. The van der Waals surface area contributed by atoms with E-state index in [1.54, 1.807) is 24.3 Å². The zero-order chi connectivity index (χ0) is 22.7. The van der Waals surface area contributed by atoms with Gasteiger partial charge in [-0.15, -0.1) is 0 Å². The molecule has 0 radical (unpaired) electrons. The number of rotatable bonds is 8. The van der Waals surface area contributed by atoms with Crippen molar-refractivity contribution in [3.8, 4) is 0 Å². The van der Waals surface area contributed by atoms with Crippen molar-refractivity contribution in [2.45, 2.75) is 64.3 Å². The summed E-state index contributed by atoms with van der Waals surface area (Å²) < 4.78 is 0. The molecule has 32 heavy (non-hydrogen) atoms. The summed E-state index contributed by atoms with van der Waals surface area (Å²) in [6.45, 7) is 4.89. The smallest absolute Gasteiger partial charge is 0.315 e. The molecule has 4 aliphatic carbocycles. The fraction of sp³-hybridized carbons (Fsp3) is 0.640. The molecule has 4 fully saturated rings. The van der Waals surface area contributed by atoms with Gasteiger partial charge in [0.1, 0.15) is 0 Å². The fourth-order valence-electron chi connectivity index (χ4n) is 6.23. The van der Waals surface area contributed by atoms with Crippen molar-refractivity contribution in [1.29, 1.82) is 0 Å². The molecular formula is C25H36N4O3. The lowest BCUT2D eigenvalue weighted by atomic mass is 9.53. The number of amides is 4. The summed E-state index contributed by atoms with van der Waals surface area (Å²) in [6.07, 6.45) is 7.45. The van der Waals surface area contributed by atoms with Crippen molar-refractivity contribution >= 4 is 23.5 Å². The molecule has 0 unspecified atom stereocenters. The van der Waals surface area contributed by atoms with Crippen LogP contribution in [0.2, 0.25) is 0 Å². The molecule has 7 heteroatoms. The third-order valence-corrected chi connectivity index (χ3v) is 7.17. The Hall–Kier alpha value is -2.57. The molecule has 4 saturated carbocycles. The van der Waals surface area contributed by atoms with Gasteiger partial charge < -0.3 is 21.3 Å². The van der Waals surface area contributed by atoms with Crippen LogP contribution in [0, 0.1) is 23.7 Å². The Kier molecular flexibility index (Phi) is 6.72. The molecule has 1 aromatic carbocycles. The van der Waals surface area contributed by atoms with Crippen LogP contribution in [0.5, 0.6) is 0 Å². The van der Waals surface area contributed by atoms with Crippen LogP contribution in [-0.4, -0.2) is 36.5 Å². The van der Waals surface area contributed by atoms with Gasteiger partial charge in [-0.1, -0.05) is 26.0 Å². The van der Waals surface area contributed by atoms with Crippen LogP contribution < -0.4 is 21.3 Å². The van der Waals surface area contributed by atoms with E-state index >= 15 is 0 Å². The van der Waals surface area contributed by atoms with Crippen LogP contribution in [-0.2, 0) is 4.79 Å². The summed E-state index contributed by atoms with van der Waals surface area (Å²) in [7, 11) is 0. The van der Waals surface area contributed by atoms with Crippen LogP contribution in [0.25, 0.3) is 0 Å². The van der Waals surface area contributed by atoms with Gasteiger partial charge in [-0.05, 0) is 74.3 Å². The van der Waals surface area contributed by atoms with Crippen LogP contribution >= 0.6 is 0 Å². The number of carbonyl (C=O) groups excluding carboxylic acids is 3. The van der Waals surface area contributed by atoms with Gasteiger partial charge in [-0.2, -0.15) is 0 Å². The maximum atomic E-state index is 12.5. The third-order valence-electron chi connectivity index (χ3n) is 7.17. The highest BCUT2D eigenvalue weighted by Crippen LogP contribution is 2.55. The number of hydrogen-bond acceptors (Lipinski definition) is 3. The highest BCUT2D eigenvalue weighted by atomic mass is 16.2. The Balaban J connectivity index is 1.23. The molecule has 4 aliphatic rings. The average Bonchev–Trinajstić information content (AvgIpc) is 2.71. The Bertz CT molecular complexity index is 831. The standard InChI is InChI=1S/C25H36N4O3/c1-16(2)15-27-23(31)20-5-3-4-6-21(20)28-22(30)7-8-26-24(32)29-25-12-17-9-18(13-25)11-19(10-17)14-25/h3-6,16-19H,7-15H2,1-2H3,(H,27,31)(H,28,30)(H2,26,29,32). The Morgan fingerprint density at radius 2 is 1.59 bits per heavy atom. The minimum atomic E-state index is -0.232. The first-order chi connectivity index (χ1) is 15.3. The summed E-state index contributed by atoms with van der Waals surface area (Å²) in [5.74, 6) is 2.21. The zero-order valence-electron chi connectivity index (χ0n) is 19.2. The SMILES string of the molecule is CC(C)CNC(=O)c1ccccc1NC(=O)CCNC(=O)NC12CC3CC(CC(C3)C1)C2. The third kappa shape index (κ3) is 5.43. The Morgan fingerprint density at radius 1 is 0.969 bits per heavy atom. The maximum Gasteiger partial charge on any atom is 0.315 e. The number of para-hydroxylation sites is 1. The lowest BCUT2D eigenvalue weighted by molar-refractivity contribution is -0.116. The highest BCUT2D eigenvalue weighted by Gasteiger charge is 2.51. The van der Waals surface area contributed by atoms with Gasteiger partial charge in [0.05, 0.1) is 11.3 Å². The average molecular weight is 441 g/mol. The second kappa shape index (κ2) is 9.51. The topological polar surface area (TPSA) is 99.3 Å². The number of carbonyl (C=O) groups is 3. The first-order valence-corrected chi connectivity index (χ1v) is 12.0. The zero-order valence-corrected chi connectivity index (χ0v) is 19.2. The van der Waals surface area contributed by atoms with Crippen LogP contribution in [0.1, 0.15) is 69.2 Å². The summed E-state index contributed by atoms with van der Waals surface area (Å²) >= 11 is 0. The molecule has 0 heterocycles. The molecule has 0 saturated heterocycles. The summed E-state index contributed by atoms with van der Waals surface area (Å²) in [6, 6.07) is 6.80. The fourth-order valence-corrected chi connectivity index (χ4v) is 6.23. The predicted molar refractivity (Wildman–Crippen MR) is 124 cm³/mol. The van der Waals surface area contributed by atoms with E-state index in [-0.39, 0.29) is 36.3 Å². The van der Waals surface area contributed by atoms with E-state index in [9.17, 15) is 14.4 Å². The van der Waals surface area contributed by atoms with Crippen LogP contribution in [0.3, 0.4) is 0 Å². The quantitative estimate of drug-likeness (QED) is 0.496. The molecular weight excluding hydrogens is 404 g/mol. The molecule has 0 atom stereocenters. The van der Waals surface area contributed by atoms with Crippen molar-refractivity contribution in [1.82, 2.24) is 16.0 Å². The summed E-state index contributed by atoms with van der Waals surface area (Å²) in [4.78, 5) is 37.4. The number of nitrogens with one attached hydrogen (secondary N) is 4. The first kappa shape index (κ1) is 22.6. The minimum Gasteiger partial charge on any atom is -0.352 e. The highest BCUT2D eigenvalue weighted by molar-refractivity contribution is 6.03. The number of anilines is 1. The van der Waals surface area contributed by atoms with E-state index in [1.807, 2.05) is 13.8 Å². The molecule has 5 rings (SSSR count). The van der Waals surface area contributed by atoms with Crippen LogP contribution in [0.15, 0.2) is 24.3 Å². The lowest BCUT2D eigenvalue weighted by Gasteiger charge is -2.56. The van der Waals surface area contributed by atoms with Gasteiger partial charge >= 0.3 is 6.03 Å². The Morgan fingerprint density at radius 3 is 2.22 bits per heavy atom. The van der Waals surface area contributed by atoms with Crippen molar-refractivity contribution in [2.75, 3.05) is 18.4 Å². The van der Waals surface area contributed by atoms with E-state index in [0.29, 0.717) is 23.7 Å². The molecule has 1 aromatic rings. The van der Waals surface area contributed by atoms with Crippen molar-refractivity contribution in [3.63, 3.8) is 0 Å². The molecule has 4 amide bonds. The second-order valence-electron chi connectivity index (χ2n) is 10.5. The number of hydrogen-bond donors (Lipinski definition) is 4. The normalized spacial score (nSPS) is 27.8. The Labute approximate surface area is 190 Å². The summed E-state index contributed by atoms with van der Waals surface area (Å²) in [5.41, 5.74) is 0.884. The molecule has 0 aliphatic heterocycles. The second-order valence-corrected chi connectivity index (χ2v) is 10.5. The number of urea groups is 1. The largest absolute Gasteiger partial charge is 0.352 e. The lowest BCUT2D eigenvalue weighted by Crippen LogP contribution is -2.61. The van der Waals surface area contributed by atoms with Gasteiger partial charge in [0.15, 0.2) is 0 Å². The first-order valence-electron chi connectivity index (χ1n) is 12.0. The van der Waals surface area contributed by atoms with E-state index < -0.39 is 0 Å². The molecule has 4 N–H and O–H groups in total. The summed E-state index contributed by atoms with van der Waals surface area (Å²) in [5, 5.41) is 11.8. The van der Waals surface area contributed by atoms with Gasteiger partial charge in [-0.25, -0.2) is 4.79 Å². The minimum absolute atomic E-state index is 0.0383. The monoisotopic (exact) mass is 440 g/mol. The van der Waals surface area contributed by atoms with Gasteiger partial charge in [0, 0.05) is 25.0 Å². The van der Waals surface area contributed by atoms with E-state index in [1.165, 1.54) is 19.3 Å². The van der Waals surface area contributed by atoms with Crippen LogP contribution in [0.4, 0.5) is 10.5 Å². The van der Waals surface area contributed by atoms with E-state index in [4.69, 9.17) is 0 Å². The molecule has 4 bridgehead atoms.